The Bertz CT molecular complexity index is 887. The third-order valence-corrected chi connectivity index (χ3v) is 9.68. The number of rotatable bonds is 7. The number of carbonyl (C=O) groups excluding carboxylic acids is 1. The van der Waals surface area contributed by atoms with E-state index in [9.17, 15) is 14.7 Å². The normalized spacial score (nSPS) is 40.8. The summed E-state index contributed by atoms with van der Waals surface area (Å²) in [5.74, 6) is 3.49. The minimum Gasteiger partial charge on any atom is -0.481 e. The van der Waals surface area contributed by atoms with Gasteiger partial charge in [-0.3, -0.25) is 14.6 Å². The molecule has 0 saturated heterocycles. The van der Waals surface area contributed by atoms with Crippen molar-refractivity contribution in [2.75, 3.05) is 0 Å². The van der Waals surface area contributed by atoms with Crippen LogP contribution in [0.2, 0.25) is 0 Å². The molecule has 6 aliphatic carbocycles. The summed E-state index contributed by atoms with van der Waals surface area (Å²) in [7, 11) is 0. The lowest BCUT2D eigenvalue weighted by Gasteiger charge is -2.54. The summed E-state index contributed by atoms with van der Waals surface area (Å²) in [6.07, 6.45) is 11.5. The topological polar surface area (TPSA) is 79.3 Å². The van der Waals surface area contributed by atoms with Crippen molar-refractivity contribution in [3.63, 3.8) is 0 Å². The molecule has 2 unspecified atom stereocenters. The average Bonchev–Trinajstić information content (AvgIpc) is 3.28. The lowest BCUT2D eigenvalue weighted by atomic mass is 9.54. The number of hydrogen-bond acceptors (Lipinski definition) is 3. The van der Waals surface area contributed by atoms with Gasteiger partial charge in [0.15, 0.2) is 0 Å². The second kappa shape index (κ2) is 7.85. The third kappa shape index (κ3) is 3.47. The van der Waals surface area contributed by atoms with Crippen molar-refractivity contribution in [2.45, 2.75) is 83.1 Å². The molecule has 0 spiro atoms. The van der Waals surface area contributed by atoms with Crippen LogP contribution in [0.5, 0.6) is 0 Å². The molecule has 5 nitrogen and oxygen atoms in total. The molecule has 6 aliphatic rings. The molecule has 0 radical (unpaired) electrons. The van der Waals surface area contributed by atoms with E-state index in [0.29, 0.717) is 35.6 Å². The SMILES string of the molecule is CCCCc1nc(C2CC3C(C2)C3C(=O)O)ccc1C(=O)NC1C2CC3CC(C2)CC1C3. The summed E-state index contributed by atoms with van der Waals surface area (Å²) >= 11 is 0. The van der Waals surface area contributed by atoms with Crippen molar-refractivity contribution in [1.82, 2.24) is 10.3 Å². The largest absolute Gasteiger partial charge is 0.481 e. The summed E-state index contributed by atoms with van der Waals surface area (Å²) in [5, 5.41) is 12.8. The van der Waals surface area contributed by atoms with Crippen molar-refractivity contribution < 1.29 is 14.7 Å². The standard InChI is InChI=1S/C27H36N2O3/c1-2-3-4-23-19(5-6-22(28-23)16-12-20-21(13-16)24(20)27(31)32)26(30)29-25-17-8-14-7-15(10-17)11-18(25)9-14/h5-6,14-18,20-21,24-25H,2-4,7-13H2,1H3,(H,29,30)(H,31,32). The first kappa shape index (κ1) is 20.7. The van der Waals surface area contributed by atoms with Gasteiger partial charge < -0.3 is 10.4 Å². The first-order valence-electron chi connectivity index (χ1n) is 13.0. The number of aliphatic carboxylic acids is 1. The fourth-order valence-corrected chi connectivity index (χ4v) is 8.33. The maximum absolute atomic E-state index is 13.4. The van der Waals surface area contributed by atoms with Crippen LogP contribution in [0.4, 0.5) is 0 Å². The summed E-state index contributed by atoms with van der Waals surface area (Å²) < 4.78 is 0. The van der Waals surface area contributed by atoms with E-state index in [-0.39, 0.29) is 11.8 Å². The molecule has 0 aliphatic heterocycles. The molecule has 5 heteroatoms. The molecular weight excluding hydrogens is 400 g/mol. The maximum atomic E-state index is 13.4. The predicted molar refractivity (Wildman–Crippen MR) is 121 cm³/mol. The Balaban J connectivity index is 1.18. The van der Waals surface area contributed by atoms with Crippen LogP contribution in [0.15, 0.2) is 12.1 Å². The van der Waals surface area contributed by atoms with E-state index < -0.39 is 5.97 Å². The van der Waals surface area contributed by atoms with Crippen molar-refractivity contribution in [1.29, 1.82) is 0 Å². The molecule has 4 bridgehead atoms. The summed E-state index contributed by atoms with van der Waals surface area (Å²) in [4.78, 5) is 29.7. The molecule has 1 amide bonds. The zero-order chi connectivity index (χ0) is 22.0. The van der Waals surface area contributed by atoms with Crippen LogP contribution in [0.25, 0.3) is 0 Å². The number of nitrogens with zero attached hydrogens (tertiary/aromatic N) is 1. The second-order valence-electron chi connectivity index (χ2n) is 11.6. The zero-order valence-corrected chi connectivity index (χ0v) is 19.1. The van der Waals surface area contributed by atoms with E-state index in [4.69, 9.17) is 4.98 Å². The van der Waals surface area contributed by atoms with Crippen LogP contribution in [0.3, 0.4) is 0 Å². The van der Waals surface area contributed by atoms with E-state index in [1.165, 1.54) is 32.1 Å². The Kier molecular flexibility index (Phi) is 5.07. The van der Waals surface area contributed by atoms with E-state index in [1.807, 2.05) is 12.1 Å². The average molecular weight is 437 g/mol. The van der Waals surface area contributed by atoms with Crippen LogP contribution < -0.4 is 5.32 Å². The van der Waals surface area contributed by atoms with Crippen LogP contribution in [-0.2, 0) is 11.2 Å². The number of pyridine rings is 1. The minimum absolute atomic E-state index is 0.0767. The fraction of sp³-hybridized carbons (Fsp3) is 0.741. The van der Waals surface area contributed by atoms with Crippen molar-refractivity contribution in [2.24, 2.45) is 41.4 Å². The van der Waals surface area contributed by atoms with Crippen LogP contribution in [0.1, 0.15) is 92.4 Å². The highest BCUT2D eigenvalue weighted by Gasteiger charge is 2.60. The molecule has 2 atom stereocenters. The van der Waals surface area contributed by atoms with Gasteiger partial charge in [-0.2, -0.15) is 0 Å². The number of aromatic nitrogens is 1. The smallest absolute Gasteiger partial charge is 0.307 e. The molecule has 1 heterocycles. The van der Waals surface area contributed by atoms with Crippen molar-refractivity contribution in [3.05, 3.63) is 29.1 Å². The summed E-state index contributed by atoms with van der Waals surface area (Å²) in [6.45, 7) is 2.18. The van der Waals surface area contributed by atoms with Crippen LogP contribution in [-0.4, -0.2) is 28.0 Å². The number of aryl methyl sites for hydroxylation is 1. The highest BCUT2D eigenvalue weighted by atomic mass is 16.4. The molecule has 2 N–H and O–H groups in total. The Morgan fingerprint density at radius 3 is 2.25 bits per heavy atom. The number of carboxylic acids is 1. The highest BCUT2D eigenvalue weighted by molar-refractivity contribution is 5.95. The Hall–Kier alpha value is -1.91. The van der Waals surface area contributed by atoms with Gasteiger partial charge in [-0.1, -0.05) is 13.3 Å². The first-order chi connectivity index (χ1) is 15.5. The van der Waals surface area contributed by atoms with E-state index in [2.05, 4.69) is 12.2 Å². The molecule has 7 rings (SSSR count). The number of carboxylic acid groups (broad SMARTS) is 1. The third-order valence-electron chi connectivity index (χ3n) is 9.68. The molecule has 1 aromatic heterocycles. The van der Waals surface area contributed by atoms with Gasteiger partial charge in [0.05, 0.1) is 17.2 Å². The number of hydrogen-bond donors (Lipinski definition) is 2. The Labute approximate surface area is 190 Å². The van der Waals surface area contributed by atoms with Gasteiger partial charge >= 0.3 is 5.97 Å². The van der Waals surface area contributed by atoms with E-state index >= 15 is 0 Å². The lowest BCUT2D eigenvalue weighted by molar-refractivity contribution is -0.139. The van der Waals surface area contributed by atoms with Crippen LogP contribution in [0, 0.1) is 41.4 Å². The zero-order valence-electron chi connectivity index (χ0n) is 19.1. The van der Waals surface area contributed by atoms with Gasteiger partial charge in [0, 0.05) is 17.7 Å². The van der Waals surface area contributed by atoms with Gasteiger partial charge in [-0.25, -0.2) is 0 Å². The quantitative estimate of drug-likeness (QED) is 0.643. The maximum Gasteiger partial charge on any atom is 0.307 e. The number of fused-ring (bicyclic) bond motifs is 1. The van der Waals surface area contributed by atoms with E-state index in [0.717, 1.165) is 60.9 Å². The Morgan fingerprint density at radius 2 is 1.66 bits per heavy atom. The lowest BCUT2D eigenvalue weighted by Crippen LogP contribution is -2.55. The monoisotopic (exact) mass is 436 g/mol. The molecule has 0 aromatic carbocycles. The number of amides is 1. The summed E-state index contributed by atoms with van der Waals surface area (Å²) in [5.41, 5.74) is 2.78. The second-order valence-corrected chi connectivity index (χ2v) is 11.6. The fourth-order valence-electron chi connectivity index (χ4n) is 8.33. The molecule has 6 fully saturated rings. The number of nitrogens with one attached hydrogen (secondary N) is 1. The van der Waals surface area contributed by atoms with Gasteiger partial charge in [0.1, 0.15) is 0 Å². The minimum atomic E-state index is -0.633. The van der Waals surface area contributed by atoms with Crippen molar-refractivity contribution >= 4 is 11.9 Å². The predicted octanol–water partition coefficient (Wildman–Crippen LogP) is 4.80. The molecule has 32 heavy (non-hydrogen) atoms. The number of unbranched alkanes of at least 4 members (excludes halogenated alkanes) is 1. The number of carbonyl (C=O) groups is 2. The van der Waals surface area contributed by atoms with Crippen LogP contribution >= 0.6 is 0 Å². The van der Waals surface area contributed by atoms with Crippen molar-refractivity contribution in [3.8, 4) is 0 Å². The van der Waals surface area contributed by atoms with Gasteiger partial charge in [-0.15, -0.1) is 0 Å². The molecule has 172 valence electrons. The highest BCUT2D eigenvalue weighted by Crippen LogP contribution is 2.62. The molecule has 6 saturated carbocycles. The van der Waals surface area contributed by atoms with Gasteiger partial charge in [-0.05, 0) is 105 Å². The summed E-state index contributed by atoms with van der Waals surface area (Å²) in [6, 6.07) is 4.41. The molecular formula is C27H36N2O3. The van der Waals surface area contributed by atoms with Gasteiger partial charge in [0.2, 0.25) is 0 Å². The Morgan fingerprint density at radius 1 is 1.00 bits per heavy atom. The van der Waals surface area contributed by atoms with E-state index in [1.54, 1.807) is 0 Å². The van der Waals surface area contributed by atoms with Gasteiger partial charge in [0.25, 0.3) is 5.91 Å². The molecule has 1 aromatic rings. The first-order valence-corrected chi connectivity index (χ1v) is 13.0.